The van der Waals surface area contributed by atoms with E-state index in [-0.39, 0.29) is 23.8 Å². The van der Waals surface area contributed by atoms with E-state index in [4.69, 9.17) is 14.5 Å². The number of aliphatic imine (C=N–C) groups is 1. The van der Waals surface area contributed by atoms with Crippen LogP contribution in [0.3, 0.4) is 0 Å². The van der Waals surface area contributed by atoms with E-state index in [0.717, 1.165) is 29.4 Å². The number of halogens is 6. The molecule has 2 unspecified atom stereocenters. The Bertz CT molecular complexity index is 1510. The summed E-state index contributed by atoms with van der Waals surface area (Å²) in [6, 6.07) is 11.4. The van der Waals surface area contributed by atoms with Crippen LogP contribution >= 0.6 is 0 Å². The summed E-state index contributed by atoms with van der Waals surface area (Å²) >= 11 is 0. The number of hydrogen-bond acceptors (Lipinski definition) is 6. The van der Waals surface area contributed by atoms with Crippen molar-refractivity contribution in [2.75, 3.05) is 13.2 Å². The van der Waals surface area contributed by atoms with Crippen molar-refractivity contribution in [2.24, 2.45) is 4.99 Å². The van der Waals surface area contributed by atoms with Crippen LogP contribution in [-0.2, 0) is 24.0 Å². The zero-order valence-corrected chi connectivity index (χ0v) is 23.8. The summed E-state index contributed by atoms with van der Waals surface area (Å²) in [7, 11) is 0. The molecule has 0 radical (unpaired) electrons. The number of hydrogen-bond donors (Lipinski definition) is 1. The van der Waals surface area contributed by atoms with Gasteiger partial charge in [0.15, 0.2) is 0 Å². The first kappa shape index (κ1) is 30.7. The van der Waals surface area contributed by atoms with Gasteiger partial charge in [0.1, 0.15) is 22.8 Å². The van der Waals surface area contributed by atoms with Gasteiger partial charge in [0.25, 0.3) is 5.60 Å². The molecule has 12 heteroatoms. The average molecular weight is 608 g/mol. The number of pyridine rings is 1. The summed E-state index contributed by atoms with van der Waals surface area (Å²) < 4.78 is 92.4. The molecule has 0 amide bonds. The third-order valence-corrected chi connectivity index (χ3v) is 8.02. The third kappa shape index (κ3) is 5.64. The first-order valence-electron chi connectivity index (χ1n) is 13.9. The van der Waals surface area contributed by atoms with E-state index < -0.39 is 29.1 Å². The van der Waals surface area contributed by atoms with Crippen molar-refractivity contribution in [3.8, 4) is 17.2 Å². The second-order valence-electron chi connectivity index (χ2n) is 11.1. The lowest BCUT2D eigenvalue weighted by atomic mass is 9.90. The van der Waals surface area contributed by atoms with Crippen molar-refractivity contribution in [1.29, 1.82) is 0 Å². The molecule has 43 heavy (non-hydrogen) atoms. The van der Waals surface area contributed by atoms with E-state index >= 15 is 0 Å². The highest BCUT2D eigenvalue weighted by Crippen LogP contribution is 2.51. The minimum absolute atomic E-state index is 0.0815. The maximum absolute atomic E-state index is 13.5. The SMILES string of the molecule is CCCc1cc(C(O)(C(F)(F)F)C(F)(F)F)ccc1Oc1ccnc(C(C)N2C=NC(C)(c3ccc4c(c3)CCO4)C2)c1. The Labute approximate surface area is 245 Å². The lowest BCUT2D eigenvalue weighted by Gasteiger charge is -2.33. The molecule has 6 nitrogen and oxygen atoms in total. The molecule has 1 N–H and O–H groups in total. The van der Waals surface area contributed by atoms with Crippen molar-refractivity contribution in [3.05, 3.63) is 82.7 Å². The maximum Gasteiger partial charge on any atom is 0.430 e. The summed E-state index contributed by atoms with van der Waals surface area (Å²) in [5.74, 6) is 1.29. The fraction of sp³-hybridized carbons (Fsp3) is 0.419. The van der Waals surface area contributed by atoms with E-state index in [1.54, 1.807) is 25.4 Å². The lowest BCUT2D eigenvalue weighted by molar-refractivity contribution is -0.376. The number of aryl methyl sites for hydroxylation is 1. The Kier molecular flexibility index (Phi) is 7.87. The fourth-order valence-electron chi connectivity index (χ4n) is 5.44. The smallest absolute Gasteiger partial charge is 0.430 e. The van der Waals surface area contributed by atoms with Gasteiger partial charge in [0, 0.05) is 30.8 Å². The second-order valence-corrected chi connectivity index (χ2v) is 11.1. The number of rotatable bonds is 8. The van der Waals surface area contributed by atoms with E-state index in [9.17, 15) is 31.4 Å². The van der Waals surface area contributed by atoms with Crippen LogP contribution in [0.25, 0.3) is 0 Å². The zero-order valence-electron chi connectivity index (χ0n) is 23.8. The van der Waals surface area contributed by atoms with Crippen molar-refractivity contribution >= 4 is 6.34 Å². The van der Waals surface area contributed by atoms with Gasteiger partial charge in [0.05, 0.1) is 24.7 Å². The predicted octanol–water partition coefficient (Wildman–Crippen LogP) is 7.39. The van der Waals surface area contributed by atoms with Crippen molar-refractivity contribution in [1.82, 2.24) is 9.88 Å². The number of aromatic nitrogens is 1. The van der Waals surface area contributed by atoms with Crippen molar-refractivity contribution in [3.63, 3.8) is 0 Å². The summed E-state index contributed by atoms with van der Waals surface area (Å²) in [5, 5.41) is 9.86. The second kappa shape index (κ2) is 11.0. The van der Waals surface area contributed by atoms with Gasteiger partial charge in [-0.15, -0.1) is 0 Å². The molecule has 0 saturated carbocycles. The summed E-state index contributed by atoms with van der Waals surface area (Å²) in [6.45, 7) is 6.98. The highest BCUT2D eigenvalue weighted by Gasteiger charge is 2.71. The van der Waals surface area contributed by atoms with Gasteiger partial charge >= 0.3 is 12.4 Å². The van der Waals surface area contributed by atoms with Crippen LogP contribution in [-0.4, -0.2) is 46.8 Å². The summed E-state index contributed by atoms with van der Waals surface area (Å²) in [5.41, 5.74) is -3.86. The Hall–Kier alpha value is -3.80. The number of ether oxygens (including phenoxy) is 2. The molecule has 0 fully saturated rings. The molecule has 2 aliphatic heterocycles. The van der Waals surface area contributed by atoms with Crippen LogP contribution in [0, 0.1) is 0 Å². The molecule has 0 spiro atoms. The molecule has 5 rings (SSSR count). The van der Waals surface area contributed by atoms with E-state index in [0.29, 0.717) is 43.1 Å². The molecule has 1 aromatic heterocycles. The molecule has 3 aromatic rings. The molecule has 3 heterocycles. The fourth-order valence-corrected chi connectivity index (χ4v) is 5.44. The summed E-state index contributed by atoms with van der Waals surface area (Å²) in [6.07, 6.45) is -7.25. The average Bonchev–Trinajstić information content (AvgIpc) is 3.59. The topological polar surface area (TPSA) is 67.2 Å². The van der Waals surface area contributed by atoms with Gasteiger partial charge in [-0.1, -0.05) is 25.5 Å². The first-order chi connectivity index (χ1) is 20.2. The van der Waals surface area contributed by atoms with Gasteiger partial charge < -0.3 is 19.5 Å². The standard InChI is InChI=1S/C31H31F6N3O3/c1-4-5-20-15-23(29(41,30(32,33)34)31(35,36)37)7-9-27(20)43-24-10-12-38-25(16-24)19(2)40-17-28(3,39-18-40)22-6-8-26-21(14-22)11-13-42-26/h6-10,12,14-16,18-19,41H,4-5,11,13,17H2,1-3H3. The normalized spacial score (nSPS) is 19.3. The largest absolute Gasteiger partial charge is 0.493 e. The number of alkyl halides is 6. The van der Waals surface area contributed by atoms with Crippen molar-refractivity contribution < 1.29 is 40.9 Å². The Morgan fingerprint density at radius 2 is 1.79 bits per heavy atom. The van der Waals surface area contributed by atoms with Crippen LogP contribution in [0.5, 0.6) is 17.2 Å². The molecule has 2 aliphatic rings. The molecular formula is C31H31F6N3O3. The molecule has 2 atom stereocenters. The van der Waals surface area contributed by atoms with E-state index in [1.165, 1.54) is 6.20 Å². The lowest BCUT2D eigenvalue weighted by Crippen LogP contribution is -2.53. The minimum atomic E-state index is -5.98. The van der Waals surface area contributed by atoms with E-state index in [2.05, 4.69) is 18.0 Å². The predicted molar refractivity (Wildman–Crippen MR) is 147 cm³/mol. The number of nitrogens with zero attached hydrogens (tertiary/aromatic N) is 3. The van der Waals surface area contributed by atoms with Crippen LogP contribution in [0.15, 0.2) is 59.7 Å². The quantitative estimate of drug-likeness (QED) is 0.271. The van der Waals surface area contributed by atoms with Crippen molar-refractivity contribution in [2.45, 2.75) is 69.6 Å². The van der Waals surface area contributed by atoms with Crippen LogP contribution in [0.4, 0.5) is 26.3 Å². The number of fused-ring (bicyclic) bond motifs is 1. The van der Waals surface area contributed by atoms with Crippen LogP contribution in [0.1, 0.15) is 61.2 Å². The highest BCUT2D eigenvalue weighted by molar-refractivity contribution is 5.61. The first-order valence-corrected chi connectivity index (χ1v) is 13.9. The molecular weight excluding hydrogens is 576 g/mol. The molecule has 230 valence electrons. The molecule has 0 saturated heterocycles. The Balaban J connectivity index is 1.36. The minimum Gasteiger partial charge on any atom is -0.493 e. The number of aliphatic hydroxyl groups is 1. The van der Waals surface area contributed by atoms with Crippen LogP contribution < -0.4 is 9.47 Å². The third-order valence-electron chi connectivity index (χ3n) is 8.02. The molecule has 2 aromatic carbocycles. The van der Waals surface area contributed by atoms with E-state index in [1.807, 2.05) is 24.0 Å². The molecule has 0 bridgehead atoms. The van der Waals surface area contributed by atoms with Gasteiger partial charge in [0.2, 0.25) is 0 Å². The maximum atomic E-state index is 13.5. The van der Waals surface area contributed by atoms with Gasteiger partial charge in [-0.3, -0.25) is 9.98 Å². The Morgan fingerprint density at radius 1 is 1.05 bits per heavy atom. The molecule has 0 aliphatic carbocycles. The monoisotopic (exact) mass is 607 g/mol. The summed E-state index contributed by atoms with van der Waals surface area (Å²) in [4.78, 5) is 11.3. The van der Waals surface area contributed by atoms with Gasteiger partial charge in [-0.25, -0.2) is 0 Å². The highest BCUT2D eigenvalue weighted by atomic mass is 19.4. The van der Waals surface area contributed by atoms with Gasteiger partial charge in [-0.2, -0.15) is 26.3 Å². The Morgan fingerprint density at radius 3 is 2.49 bits per heavy atom. The van der Waals surface area contributed by atoms with Crippen LogP contribution in [0.2, 0.25) is 0 Å². The number of benzene rings is 2. The zero-order chi connectivity index (χ0) is 31.2. The van der Waals surface area contributed by atoms with Gasteiger partial charge in [-0.05, 0) is 67.3 Å².